The summed E-state index contributed by atoms with van der Waals surface area (Å²) < 4.78 is 0. The zero-order valence-electron chi connectivity index (χ0n) is 16.1. The molecule has 0 aliphatic rings. The fourth-order valence-corrected chi connectivity index (χ4v) is 4.00. The van der Waals surface area contributed by atoms with Gasteiger partial charge in [0.2, 0.25) is 0 Å². The van der Waals surface area contributed by atoms with E-state index in [4.69, 9.17) is 17.3 Å². The first kappa shape index (κ1) is 18.8. The molecule has 0 spiro atoms. The minimum atomic E-state index is 0.730. The van der Waals surface area contributed by atoms with Crippen LogP contribution in [0.4, 0.5) is 0 Å². The van der Waals surface area contributed by atoms with E-state index >= 15 is 0 Å². The van der Waals surface area contributed by atoms with Crippen LogP contribution in [0.3, 0.4) is 0 Å². The second-order valence-corrected chi connectivity index (χ2v) is 7.67. The molecule has 3 aromatic carbocycles. The number of aromatic amines is 1. The van der Waals surface area contributed by atoms with Gasteiger partial charge in [0, 0.05) is 16.1 Å². The summed E-state index contributed by atoms with van der Waals surface area (Å²) in [6, 6.07) is 23.4. The molecule has 0 bridgehead atoms. The molecule has 0 aliphatic heterocycles. The summed E-state index contributed by atoms with van der Waals surface area (Å²) in [6.07, 6.45) is 3.12. The van der Waals surface area contributed by atoms with Crippen LogP contribution < -0.4 is 5.73 Å². The van der Waals surface area contributed by atoms with Gasteiger partial charge in [-0.15, -0.1) is 0 Å². The average molecular weight is 389 g/mol. The topological polar surface area (TPSA) is 41.8 Å². The van der Waals surface area contributed by atoms with Gasteiger partial charge >= 0.3 is 0 Å². The summed E-state index contributed by atoms with van der Waals surface area (Å²) >= 11 is 6.37. The van der Waals surface area contributed by atoms with Crippen molar-refractivity contribution in [1.29, 1.82) is 0 Å². The number of fused-ring (bicyclic) bond motifs is 1. The maximum absolute atomic E-state index is 6.37. The molecule has 0 saturated heterocycles. The van der Waals surface area contributed by atoms with Gasteiger partial charge in [-0.1, -0.05) is 72.3 Å². The lowest BCUT2D eigenvalue weighted by Gasteiger charge is -2.07. The summed E-state index contributed by atoms with van der Waals surface area (Å²) in [5.74, 6) is 0. The number of hydrogen-bond donors (Lipinski definition) is 2. The Morgan fingerprint density at radius 3 is 2.21 bits per heavy atom. The summed E-state index contributed by atoms with van der Waals surface area (Å²) in [7, 11) is 0. The third-order valence-corrected chi connectivity index (χ3v) is 5.85. The van der Waals surface area contributed by atoms with Gasteiger partial charge in [0.1, 0.15) is 0 Å². The molecule has 0 aliphatic carbocycles. The van der Waals surface area contributed by atoms with E-state index in [1.165, 1.54) is 33.3 Å². The first-order chi connectivity index (χ1) is 13.7. The van der Waals surface area contributed by atoms with E-state index in [1.807, 2.05) is 12.1 Å². The number of aryl methyl sites for hydroxylation is 2. The van der Waals surface area contributed by atoms with Gasteiger partial charge in [0.25, 0.3) is 0 Å². The smallest absolute Gasteiger partial charge is 0.0506 e. The summed E-state index contributed by atoms with van der Waals surface area (Å²) in [5, 5.41) is 2.06. The van der Waals surface area contributed by atoms with Gasteiger partial charge < -0.3 is 10.7 Å². The Balaban J connectivity index is 1.78. The van der Waals surface area contributed by atoms with Crippen molar-refractivity contribution in [3.8, 4) is 22.4 Å². The standard InChI is InChI=1S/C25H25ClN2/c1-17-23(26)15-14-22-21(9-5-6-16-27)25(28-24(17)22)20-12-10-19(11-13-20)18-7-3-2-4-8-18/h2-4,7-8,10-15,28H,5-6,9,16,27H2,1H3. The molecular weight excluding hydrogens is 364 g/mol. The SMILES string of the molecule is Cc1c(Cl)ccc2c(CCCCN)c(-c3ccc(-c4ccccc4)cc3)[nH]c12. The number of aromatic nitrogens is 1. The van der Waals surface area contributed by atoms with Gasteiger partial charge in [-0.2, -0.15) is 0 Å². The molecule has 0 unspecified atom stereocenters. The van der Waals surface area contributed by atoms with Gasteiger partial charge in [-0.05, 0) is 66.6 Å². The Hall–Kier alpha value is -2.55. The number of rotatable bonds is 6. The number of benzene rings is 3. The van der Waals surface area contributed by atoms with Crippen LogP contribution in [-0.2, 0) is 6.42 Å². The highest BCUT2D eigenvalue weighted by Gasteiger charge is 2.15. The van der Waals surface area contributed by atoms with Crippen molar-refractivity contribution < 1.29 is 0 Å². The van der Waals surface area contributed by atoms with Crippen LogP contribution in [0, 0.1) is 6.92 Å². The quantitative estimate of drug-likeness (QED) is 0.352. The highest BCUT2D eigenvalue weighted by Crippen LogP contribution is 2.36. The Bertz CT molecular complexity index is 1080. The summed E-state index contributed by atoms with van der Waals surface area (Å²) in [6.45, 7) is 2.81. The normalized spacial score (nSPS) is 11.2. The largest absolute Gasteiger partial charge is 0.354 e. The van der Waals surface area contributed by atoms with Crippen molar-refractivity contribution in [2.75, 3.05) is 6.54 Å². The van der Waals surface area contributed by atoms with Crippen molar-refractivity contribution in [3.63, 3.8) is 0 Å². The van der Waals surface area contributed by atoms with Gasteiger partial charge in [-0.3, -0.25) is 0 Å². The molecule has 0 atom stereocenters. The van der Waals surface area contributed by atoms with Crippen molar-refractivity contribution >= 4 is 22.5 Å². The maximum atomic E-state index is 6.37. The lowest BCUT2D eigenvalue weighted by Crippen LogP contribution is -1.99. The van der Waals surface area contributed by atoms with Crippen LogP contribution in [0.15, 0.2) is 66.7 Å². The molecule has 3 heteroatoms. The van der Waals surface area contributed by atoms with Crippen LogP contribution in [0.2, 0.25) is 5.02 Å². The predicted molar refractivity (Wildman–Crippen MR) is 121 cm³/mol. The van der Waals surface area contributed by atoms with Crippen molar-refractivity contribution in [2.45, 2.75) is 26.2 Å². The molecule has 0 fully saturated rings. The lowest BCUT2D eigenvalue weighted by atomic mass is 9.98. The molecule has 0 saturated carbocycles. The van der Waals surface area contributed by atoms with E-state index in [2.05, 4.69) is 66.5 Å². The van der Waals surface area contributed by atoms with Crippen LogP contribution in [0.1, 0.15) is 24.0 Å². The molecule has 4 rings (SSSR count). The number of H-pyrrole nitrogens is 1. The van der Waals surface area contributed by atoms with Gasteiger partial charge in [0.15, 0.2) is 0 Å². The minimum absolute atomic E-state index is 0.730. The highest BCUT2D eigenvalue weighted by atomic mass is 35.5. The molecule has 3 N–H and O–H groups in total. The number of hydrogen-bond acceptors (Lipinski definition) is 1. The Morgan fingerprint density at radius 1 is 0.821 bits per heavy atom. The van der Waals surface area contributed by atoms with E-state index in [0.29, 0.717) is 0 Å². The Kier molecular flexibility index (Phi) is 5.52. The van der Waals surface area contributed by atoms with Crippen LogP contribution >= 0.6 is 11.6 Å². The Labute approximate surface area is 171 Å². The third kappa shape index (κ3) is 3.58. The van der Waals surface area contributed by atoms with Gasteiger partial charge in [-0.25, -0.2) is 0 Å². The second-order valence-electron chi connectivity index (χ2n) is 7.26. The zero-order chi connectivity index (χ0) is 19.5. The first-order valence-corrected chi connectivity index (χ1v) is 10.2. The fourth-order valence-electron chi connectivity index (χ4n) is 3.85. The van der Waals surface area contributed by atoms with E-state index in [-0.39, 0.29) is 0 Å². The van der Waals surface area contributed by atoms with Crippen molar-refractivity contribution in [2.24, 2.45) is 5.73 Å². The molecule has 142 valence electrons. The molecule has 0 amide bonds. The summed E-state index contributed by atoms with van der Waals surface area (Å²) in [4.78, 5) is 3.66. The number of nitrogens with one attached hydrogen (secondary N) is 1. The summed E-state index contributed by atoms with van der Waals surface area (Å²) in [5.41, 5.74) is 14.2. The van der Waals surface area contributed by atoms with Crippen LogP contribution in [-0.4, -0.2) is 11.5 Å². The van der Waals surface area contributed by atoms with E-state index in [0.717, 1.165) is 41.9 Å². The zero-order valence-corrected chi connectivity index (χ0v) is 16.9. The maximum Gasteiger partial charge on any atom is 0.0506 e. The van der Waals surface area contributed by atoms with E-state index < -0.39 is 0 Å². The highest BCUT2D eigenvalue weighted by molar-refractivity contribution is 6.32. The average Bonchev–Trinajstić information content (AvgIpc) is 3.11. The van der Waals surface area contributed by atoms with E-state index in [1.54, 1.807) is 0 Å². The third-order valence-electron chi connectivity index (χ3n) is 5.44. The predicted octanol–water partition coefficient (Wildman–Crippen LogP) is 6.75. The Morgan fingerprint density at radius 2 is 1.50 bits per heavy atom. The number of nitrogens with two attached hydrogens (primary N) is 1. The first-order valence-electron chi connectivity index (χ1n) is 9.84. The van der Waals surface area contributed by atoms with E-state index in [9.17, 15) is 0 Å². The number of halogens is 1. The fraction of sp³-hybridized carbons (Fsp3) is 0.200. The van der Waals surface area contributed by atoms with Gasteiger partial charge in [0.05, 0.1) is 5.52 Å². The molecule has 4 aromatic rings. The molecule has 28 heavy (non-hydrogen) atoms. The molecule has 0 radical (unpaired) electrons. The van der Waals surface area contributed by atoms with Crippen molar-refractivity contribution in [3.05, 3.63) is 82.9 Å². The molecular formula is C25H25ClN2. The van der Waals surface area contributed by atoms with Crippen molar-refractivity contribution in [1.82, 2.24) is 4.98 Å². The van der Waals surface area contributed by atoms with Crippen LogP contribution in [0.5, 0.6) is 0 Å². The lowest BCUT2D eigenvalue weighted by molar-refractivity contribution is 0.748. The molecule has 1 heterocycles. The monoisotopic (exact) mass is 388 g/mol. The molecule has 2 nitrogen and oxygen atoms in total. The molecule has 1 aromatic heterocycles. The van der Waals surface area contributed by atoms with Crippen LogP contribution in [0.25, 0.3) is 33.3 Å². The second kappa shape index (κ2) is 8.22. The number of unbranched alkanes of at least 4 members (excludes halogenated alkanes) is 1. The minimum Gasteiger partial charge on any atom is -0.354 e.